The van der Waals surface area contributed by atoms with Crippen LogP contribution in [0.5, 0.6) is 0 Å². The normalized spacial score (nSPS) is 19.4. The van der Waals surface area contributed by atoms with Crippen molar-refractivity contribution in [2.75, 3.05) is 6.61 Å². The predicted octanol–water partition coefficient (Wildman–Crippen LogP) is 9.76. The fraction of sp³-hybridized carbons (Fsp3) is 0.260. The molecule has 0 amide bonds. The lowest BCUT2D eigenvalue weighted by molar-refractivity contribution is -0.261. The summed E-state index contributed by atoms with van der Waals surface area (Å²) in [6.45, 7) is 3.59. The Balaban J connectivity index is 1.25. The van der Waals surface area contributed by atoms with Crippen LogP contribution in [0.4, 0.5) is 0 Å². The third kappa shape index (κ3) is 10.5. The molecule has 6 aromatic rings. The van der Waals surface area contributed by atoms with Crippen molar-refractivity contribution in [3.05, 3.63) is 214 Å². The predicted molar refractivity (Wildman–Crippen MR) is 219 cm³/mol. The molecule has 0 N–H and O–H groups in total. The highest BCUT2D eigenvalue weighted by Gasteiger charge is 2.51. The molecule has 0 bridgehead atoms. The maximum absolute atomic E-state index is 15.1. The molecule has 56 heavy (non-hydrogen) atoms. The molecular formula is C50H50O6. The Morgan fingerprint density at radius 1 is 0.482 bits per heavy atom. The van der Waals surface area contributed by atoms with E-state index in [-0.39, 0.29) is 19.0 Å². The molecule has 1 fully saturated rings. The quantitative estimate of drug-likeness (QED) is 0.0817. The highest BCUT2D eigenvalue weighted by Crippen LogP contribution is 2.33. The summed E-state index contributed by atoms with van der Waals surface area (Å²) >= 11 is 0. The molecule has 1 aliphatic rings. The number of hydrogen-bond acceptors (Lipinski definition) is 6. The summed E-state index contributed by atoms with van der Waals surface area (Å²) in [5, 5.41) is 0. The molecule has 0 spiro atoms. The van der Waals surface area contributed by atoms with Crippen LogP contribution in [-0.4, -0.2) is 42.9 Å². The summed E-state index contributed by atoms with van der Waals surface area (Å²) in [6.07, 6.45) is -2.22. The number of Topliss-reactive ketones (excluding diaryl/α,β-unsaturated/α-hetero) is 1. The molecular weight excluding hydrogens is 697 g/mol. The third-order valence-corrected chi connectivity index (χ3v) is 10.3. The van der Waals surface area contributed by atoms with Crippen LogP contribution in [0.1, 0.15) is 56.2 Å². The molecule has 1 saturated heterocycles. The van der Waals surface area contributed by atoms with E-state index in [1.165, 1.54) is 5.56 Å². The maximum atomic E-state index is 15.1. The van der Waals surface area contributed by atoms with Crippen LogP contribution in [0.2, 0.25) is 0 Å². The van der Waals surface area contributed by atoms with Gasteiger partial charge in [-0.15, -0.1) is 0 Å². The number of rotatable bonds is 18. The van der Waals surface area contributed by atoms with Gasteiger partial charge in [0.2, 0.25) is 0 Å². The highest BCUT2D eigenvalue weighted by atomic mass is 16.6. The Morgan fingerprint density at radius 2 is 0.929 bits per heavy atom. The number of benzene rings is 6. The Bertz CT molecular complexity index is 2050. The summed E-state index contributed by atoms with van der Waals surface area (Å²) in [7, 11) is 0. The Labute approximate surface area is 331 Å². The topological polar surface area (TPSA) is 63.2 Å². The van der Waals surface area contributed by atoms with E-state index >= 15 is 4.79 Å². The Hall–Kier alpha value is -5.21. The summed E-state index contributed by atoms with van der Waals surface area (Å²) < 4.78 is 33.8. The summed E-state index contributed by atoms with van der Waals surface area (Å²) in [5.74, 6) is -0.160. The monoisotopic (exact) mass is 746 g/mol. The van der Waals surface area contributed by atoms with E-state index in [1.54, 1.807) is 0 Å². The number of ether oxygens (including phenoxy) is 5. The fourth-order valence-corrected chi connectivity index (χ4v) is 7.18. The number of ketones is 1. The van der Waals surface area contributed by atoms with Crippen molar-refractivity contribution in [2.24, 2.45) is 0 Å². The van der Waals surface area contributed by atoms with Crippen LogP contribution in [-0.2, 0) is 63.0 Å². The largest absolute Gasteiger partial charge is 0.374 e. The molecule has 0 saturated carbocycles. The first-order chi connectivity index (χ1) is 27.6. The molecule has 6 heteroatoms. The van der Waals surface area contributed by atoms with Gasteiger partial charge in [-0.3, -0.25) is 4.79 Å². The zero-order chi connectivity index (χ0) is 38.4. The van der Waals surface area contributed by atoms with E-state index in [9.17, 15) is 0 Å². The van der Waals surface area contributed by atoms with Gasteiger partial charge in [-0.2, -0.15) is 0 Å². The van der Waals surface area contributed by atoms with Gasteiger partial charge in [0.25, 0.3) is 0 Å². The summed E-state index contributed by atoms with van der Waals surface area (Å²) in [4.78, 5) is 15.1. The molecule has 1 heterocycles. The van der Waals surface area contributed by atoms with Crippen molar-refractivity contribution >= 4 is 5.78 Å². The zero-order valence-electron chi connectivity index (χ0n) is 32.0. The summed E-state index contributed by atoms with van der Waals surface area (Å²) in [6, 6.07) is 56.5. The Kier molecular flexibility index (Phi) is 14.0. The average Bonchev–Trinajstić information content (AvgIpc) is 3.26. The minimum atomic E-state index is -1.01. The van der Waals surface area contributed by atoms with Gasteiger partial charge in [0.1, 0.15) is 30.5 Å². The molecule has 6 aromatic carbocycles. The van der Waals surface area contributed by atoms with Crippen LogP contribution in [0.15, 0.2) is 170 Å². The van der Waals surface area contributed by atoms with Gasteiger partial charge in [0.15, 0.2) is 5.78 Å². The number of carbonyl (C=O) groups excluding carboxylic acids is 1. The second-order valence-corrected chi connectivity index (χ2v) is 14.2. The second kappa shape index (κ2) is 20.1. The molecule has 0 aliphatic carbocycles. The maximum Gasteiger partial charge on any atom is 0.194 e. The SMILES string of the molecule is CCc1ccc(Cc2ccccc2C(=O)[C@@H]2O[C@H](COCc3ccccc3)[C@@H](OCc3ccccc3)[C@H](OCc3ccccc3)[C@H]2OCc2ccccc2)cc1. The minimum Gasteiger partial charge on any atom is -0.374 e. The molecule has 0 unspecified atom stereocenters. The lowest BCUT2D eigenvalue weighted by Crippen LogP contribution is -2.63. The van der Waals surface area contributed by atoms with Crippen molar-refractivity contribution in [3.63, 3.8) is 0 Å². The molecule has 5 atom stereocenters. The Morgan fingerprint density at radius 3 is 1.46 bits per heavy atom. The van der Waals surface area contributed by atoms with E-state index in [1.807, 2.05) is 146 Å². The van der Waals surface area contributed by atoms with Gasteiger partial charge in [-0.05, 0) is 51.8 Å². The summed E-state index contributed by atoms with van der Waals surface area (Å²) in [5.41, 5.74) is 7.97. The van der Waals surface area contributed by atoms with Gasteiger partial charge in [-0.1, -0.05) is 177 Å². The first kappa shape index (κ1) is 39.0. The van der Waals surface area contributed by atoms with Gasteiger partial charge >= 0.3 is 0 Å². The van der Waals surface area contributed by atoms with E-state index in [0.717, 1.165) is 39.8 Å². The van der Waals surface area contributed by atoms with Gasteiger partial charge in [0, 0.05) is 5.56 Å². The number of carbonyl (C=O) groups is 1. The number of hydrogen-bond donors (Lipinski definition) is 0. The lowest BCUT2D eigenvalue weighted by Gasteiger charge is -2.46. The minimum absolute atomic E-state index is 0.160. The molecule has 6 nitrogen and oxygen atoms in total. The van der Waals surface area contributed by atoms with E-state index < -0.39 is 30.5 Å². The van der Waals surface area contributed by atoms with Crippen LogP contribution >= 0.6 is 0 Å². The van der Waals surface area contributed by atoms with E-state index in [0.29, 0.717) is 31.8 Å². The van der Waals surface area contributed by atoms with Crippen molar-refractivity contribution in [1.82, 2.24) is 0 Å². The third-order valence-electron chi connectivity index (χ3n) is 10.3. The number of aryl methyl sites for hydroxylation is 1. The molecule has 0 aromatic heterocycles. The smallest absolute Gasteiger partial charge is 0.194 e. The first-order valence-electron chi connectivity index (χ1n) is 19.6. The van der Waals surface area contributed by atoms with Crippen molar-refractivity contribution in [2.45, 2.75) is 76.7 Å². The van der Waals surface area contributed by atoms with Gasteiger partial charge < -0.3 is 23.7 Å². The van der Waals surface area contributed by atoms with Crippen LogP contribution in [0.25, 0.3) is 0 Å². The fourth-order valence-electron chi connectivity index (χ4n) is 7.18. The van der Waals surface area contributed by atoms with E-state index in [2.05, 4.69) is 31.2 Å². The first-order valence-corrected chi connectivity index (χ1v) is 19.6. The molecule has 7 rings (SSSR count). The molecule has 286 valence electrons. The van der Waals surface area contributed by atoms with Gasteiger partial charge in [0.05, 0.1) is 33.0 Å². The lowest BCUT2D eigenvalue weighted by atomic mass is 9.87. The van der Waals surface area contributed by atoms with Crippen molar-refractivity contribution in [3.8, 4) is 0 Å². The van der Waals surface area contributed by atoms with E-state index in [4.69, 9.17) is 23.7 Å². The van der Waals surface area contributed by atoms with Crippen LogP contribution in [0, 0.1) is 0 Å². The standard InChI is InChI=1S/C50H50O6/c1-2-37-27-29-38(30-28-37)31-43-25-15-16-26-44(43)46(51)48-50(55-35-42-23-13-6-14-24-42)49(54-34-41-21-11-5-12-22-41)47(53-33-40-19-9-4-10-20-40)45(56-48)36-52-32-39-17-7-3-8-18-39/h3-30,45,47-50H,2,31-36H2,1H3/t45-,47-,48+,49+,50+/m1/s1. The van der Waals surface area contributed by atoms with Crippen LogP contribution in [0.3, 0.4) is 0 Å². The highest BCUT2D eigenvalue weighted by molar-refractivity contribution is 6.01. The molecule has 0 radical (unpaired) electrons. The van der Waals surface area contributed by atoms with Gasteiger partial charge in [-0.25, -0.2) is 0 Å². The van der Waals surface area contributed by atoms with Crippen LogP contribution < -0.4 is 0 Å². The average molecular weight is 747 g/mol. The van der Waals surface area contributed by atoms with Crippen molar-refractivity contribution < 1.29 is 28.5 Å². The second-order valence-electron chi connectivity index (χ2n) is 14.2. The molecule has 1 aliphatic heterocycles. The zero-order valence-corrected chi connectivity index (χ0v) is 32.0. The van der Waals surface area contributed by atoms with Crippen molar-refractivity contribution in [1.29, 1.82) is 0 Å².